The Morgan fingerprint density at radius 1 is 1.35 bits per heavy atom. The molecule has 1 N–H and O–H groups in total. The molecule has 1 aliphatic heterocycles. The summed E-state index contributed by atoms with van der Waals surface area (Å²) in [6.45, 7) is 5.60. The summed E-state index contributed by atoms with van der Waals surface area (Å²) in [6.07, 6.45) is 2.08. The number of carbonyl (C=O) groups excluding carboxylic acids is 1. The highest BCUT2D eigenvalue weighted by Crippen LogP contribution is 2.17. The van der Waals surface area contributed by atoms with Crippen LogP contribution in [0.15, 0.2) is 24.3 Å². The fourth-order valence-electron chi connectivity index (χ4n) is 2.28. The Labute approximate surface area is 103 Å². The standard InChI is InChI=1S/C14H20N2O/c1-2-15-9-11-16-10-5-7-12-6-3-4-8-13(12)14(16)17/h3-4,6,8,15H,2,5,7,9-11H2,1H3. The van der Waals surface area contributed by atoms with E-state index in [1.807, 2.05) is 23.1 Å². The largest absolute Gasteiger partial charge is 0.337 e. The average Bonchev–Trinajstić information content (AvgIpc) is 2.51. The second-order valence-corrected chi connectivity index (χ2v) is 4.41. The lowest BCUT2D eigenvalue weighted by atomic mass is 10.0. The van der Waals surface area contributed by atoms with Crippen molar-refractivity contribution in [2.75, 3.05) is 26.2 Å². The van der Waals surface area contributed by atoms with Crippen molar-refractivity contribution in [2.24, 2.45) is 0 Å². The minimum atomic E-state index is 0.191. The summed E-state index contributed by atoms with van der Waals surface area (Å²) < 4.78 is 0. The lowest BCUT2D eigenvalue weighted by Crippen LogP contribution is -2.36. The van der Waals surface area contributed by atoms with Crippen LogP contribution in [0.1, 0.15) is 29.3 Å². The van der Waals surface area contributed by atoms with Crippen LogP contribution in [-0.2, 0) is 6.42 Å². The fourth-order valence-corrected chi connectivity index (χ4v) is 2.28. The Morgan fingerprint density at radius 3 is 3.00 bits per heavy atom. The van der Waals surface area contributed by atoms with Crippen molar-refractivity contribution in [1.29, 1.82) is 0 Å². The smallest absolute Gasteiger partial charge is 0.254 e. The number of likely N-dealkylation sites (N-methyl/N-ethyl adjacent to an activating group) is 1. The van der Waals surface area contributed by atoms with Crippen LogP contribution in [0.2, 0.25) is 0 Å². The van der Waals surface area contributed by atoms with Gasteiger partial charge in [0.2, 0.25) is 0 Å². The van der Waals surface area contributed by atoms with E-state index in [4.69, 9.17) is 0 Å². The zero-order valence-electron chi connectivity index (χ0n) is 10.4. The van der Waals surface area contributed by atoms with Gasteiger partial charge in [-0.15, -0.1) is 0 Å². The molecule has 0 unspecified atom stereocenters. The molecule has 3 heteroatoms. The van der Waals surface area contributed by atoms with Crippen LogP contribution in [-0.4, -0.2) is 37.0 Å². The van der Waals surface area contributed by atoms with Gasteiger partial charge >= 0.3 is 0 Å². The minimum absolute atomic E-state index is 0.191. The molecule has 1 aliphatic rings. The van der Waals surface area contributed by atoms with Crippen LogP contribution in [0, 0.1) is 0 Å². The maximum absolute atomic E-state index is 12.3. The normalized spacial score (nSPS) is 15.6. The molecule has 0 fully saturated rings. The second-order valence-electron chi connectivity index (χ2n) is 4.41. The fraction of sp³-hybridized carbons (Fsp3) is 0.500. The number of carbonyl (C=O) groups is 1. The molecule has 17 heavy (non-hydrogen) atoms. The van der Waals surface area contributed by atoms with Crippen molar-refractivity contribution in [3.8, 4) is 0 Å². The third kappa shape index (κ3) is 2.86. The van der Waals surface area contributed by atoms with Crippen molar-refractivity contribution in [3.05, 3.63) is 35.4 Å². The van der Waals surface area contributed by atoms with E-state index in [0.29, 0.717) is 0 Å². The van der Waals surface area contributed by atoms with Crippen molar-refractivity contribution < 1.29 is 4.79 Å². The number of benzene rings is 1. The molecule has 1 aromatic carbocycles. The van der Waals surface area contributed by atoms with E-state index in [9.17, 15) is 4.79 Å². The number of fused-ring (bicyclic) bond motifs is 1. The van der Waals surface area contributed by atoms with Crippen molar-refractivity contribution in [3.63, 3.8) is 0 Å². The topological polar surface area (TPSA) is 32.3 Å². The third-order valence-corrected chi connectivity index (χ3v) is 3.22. The van der Waals surface area contributed by atoms with Crippen molar-refractivity contribution in [1.82, 2.24) is 10.2 Å². The van der Waals surface area contributed by atoms with E-state index in [1.165, 1.54) is 5.56 Å². The van der Waals surface area contributed by atoms with Crippen LogP contribution in [0.5, 0.6) is 0 Å². The van der Waals surface area contributed by atoms with Crippen LogP contribution in [0.25, 0.3) is 0 Å². The molecule has 0 atom stereocenters. The number of hydrogen-bond acceptors (Lipinski definition) is 2. The number of aryl methyl sites for hydroxylation is 1. The van der Waals surface area contributed by atoms with Crippen LogP contribution >= 0.6 is 0 Å². The van der Waals surface area contributed by atoms with E-state index < -0.39 is 0 Å². The van der Waals surface area contributed by atoms with Gasteiger partial charge in [0.05, 0.1) is 0 Å². The first kappa shape index (κ1) is 12.1. The van der Waals surface area contributed by atoms with Crippen molar-refractivity contribution in [2.45, 2.75) is 19.8 Å². The summed E-state index contributed by atoms with van der Waals surface area (Å²) in [6, 6.07) is 7.98. The van der Waals surface area contributed by atoms with Gasteiger partial charge in [-0.1, -0.05) is 25.1 Å². The number of rotatable bonds is 4. The molecule has 1 amide bonds. The molecule has 0 aromatic heterocycles. The monoisotopic (exact) mass is 232 g/mol. The van der Waals surface area contributed by atoms with Gasteiger partial charge in [-0.3, -0.25) is 4.79 Å². The highest BCUT2D eigenvalue weighted by atomic mass is 16.2. The summed E-state index contributed by atoms with van der Waals surface area (Å²) >= 11 is 0. The molecule has 0 spiro atoms. The van der Waals surface area contributed by atoms with Gasteiger partial charge in [0.1, 0.15) is 0 Å². The molecular weight excluding hydrogens is 212 g/mol. The summed E-state index contributed by atoms with van der Waals surface area (Å²) in [5, 5.41) is 3.27. The number of nitrogens with one attached hydrogen (secondary N) is 1. The summed E-state index contributed by atoms with van der Waals surface area (Å²) in [5.74, 6) is 0.191. The highest BCUT2D eigenvalue weighted by Gasteiger charge is 2.21. The lowest BCUT2D eigenvalue weighted by molar-refractivity contribution is 0.0762. The Morgan fingerprint density at radius 2 is 2.18 bits per heavy atom. The molecule has 1 aromatic rings. The van der Waals surface area contributed by atoms with Gasteiger partial charge in [-0.2, -0.15) is 0 Å². The molecule has 1 heterocycles. The zero-order valence-corrected chi connectivity index (χ0v) is 10.4. The predicted molar refractivity (Wildman–Crippen MR) is 69.2 cm³/mol. The molecule has 0 saturated carbocycles. The zero-order chi connectivity index (χ0) is 12.1. The first-order chi connectivity index (χ1) is 8.33. The van der Waals surface area contributed by atoms with Crippen LogP contribution < -0.4 is 5.32 Å². The lowest BCUT2D eigenvalue weighted by Gasteiger charge is -2.20. The maximum Gasteiger partial charge on any atom is 0.254 e. The Kier molecular flexibility index (Phi) is 4.15. The first-order valence-corrected chi connectivity index (χ1v) is 6.41. The Bertz CT molecular complexity index is 390. The minimum Gasteiger partial charge on any atom is -0.337 e. The van der Waals surface area contributed by atoms with E-state index in [-0.39, 0.29) is 5.91 Å². The molecule has 92 valence electrons. The Hall–Kier alpha value is -1.35. The van der Waals surface area contributed by atoms with Crippen LogP contribution in [0.3, 0.4) is 0 Å². The summed E-state index contributed by atoms with van der Waals surface area (Å²) in [5.41, 5.74) is 2.09. The summed E-state index contributed by atoms with van der Waals surface area (Å²) in [4.78, 5) is 14.3. The van der Waals surface area contributed by atoms with Gasteiger partial charge in [-0.25, -0.2) is 0 Å². The van der Waals surface area contributed by atoms with Gasteiger partial charge in [0, 0.05) is 25.2 Å². The van der Waals surface area contributed by atoms with Gasteiger partial charge in [-0.05, 0) is 31.0 Å². The molecule has 0 radical (unpaired) electrons. The van der Waals surface area contributed by atoms with Crippen molar-refractivity contribution >= 4 is 5.91 Å². The summed E-state index contributed by atoms with van der Waals surface area (Å²) in [7, 11) is 0. The molecule has 2 rings (SSSR count). The molecule has 0 saturated heterocycles. The van der Waals surface area contributed by atoms with Gasteiger partial charge in [0.25, 0.3) is 5.91 Å². The predicted octanol–water partition coefficient (Wildman–Crippen LogP) is 1.68. The number of amides is 1. The van der Waals surface area contributed by atoms with Crippen LogP contribution in [0.4, 0.5) is 0 Å². The van der Waals surface area contributed by atoms with Gasteiger partial charge in [0.15, 0.2) is 0 Å². The first-order valence-electron chi connectivity index (χ1n) is 6.41. The maximum atomic E-state index is 12.3. The molecule has 3 nitrogen and oxygen atoms in total. The van der Waals surface area contributed by atoms with Gasteiger partial charge < -0.3 is 10.2 Å². The quantitative estimate of drug-likeness (QED) is 0.801. The van der Waals surface area contributed by atoms with E-state index in [1.54, 1.807) is 0 Å². The SMILES string of the molecule is CCNCCN1CCCc2ccccc2C1=O. The number of hydrogen-bond donors (Lipinski definition) is 1. The molecule has 0 bridgehead atoms. The van der Waals surface area contributed by atoms with E-state index in [0.717, 1.165) is 44.6 Å². The Balaban J connectivity index is 2.09. The second kappa shape index (κ2) is 5.82. The third-order valence-electron chi connectivity index (χ3n) is 3.22. The highest BCUT2D eigenvalue weighted by molar-refractivity contribution is 5.96. The average molecular weight is 232 g/mol. The number of nitrogens with zero attached hydrogens (tertiary/aromatic N) is 1. The molecule has 0 aliphatic carbocycles. The van der Waals surface area contributed by atoms with E-state index >= 15 is 0 Å². The molecular formula is C14H20N2O. The van der Waals surface area contributed by atoms with E-state index in [2.05, 4.69) is 18.3 Å².